The van der Waals surface area contributed by atoms with Gasteiger partial charge in [-0.1, -0.05) is 102 Å². The summed E-state index contributed by atoms with van der Waals surface area (Å²) in [6.07, 6.45) is 22.3. The van der Waals surface area contributed by atoms with Crippen molar-refractivity contribution in [1.82, 2.24) is 0 Å². The second-order valence-electron chi connectivity index (χ2n) is 15.1. The summed E-state index contributed by atoms with van der Waals surface area (Å²) in [5.41, 5.74) is 2.74. The van der Waals surface area contributed by atoms with Crippen molar-refractivity contribution in [3.05, 3.63) is 35.4 Å². The molecule has 0 spiro atoms. The van der Waals surface area contributed by atoms with E-state index in [1.165, 1.54) is 49.7 Å². The molecule has 2 aliphatic carbocycles. The van der Waals surface area contributed by atoms with Gasteiger partial charge in [0.2, 0.25) is 0 Å². The molecule has 0 saturated heterocycles. The quantitative estimate of drug-likeness (QED) is 0.0809. The third kappa shape index (κ3) is 16.6. The highest BCUT2D eigenvalue weighted by Gasteiger charge is 2.28. The Balaban J connectivity index is 1.22. The zero-order valence-electron chi connectivity index (χ0n) is 30.5. The van der Waals surface area contributed by atoms with E-state index in [9.17, 15) is 18.4 Å². The Kier molecular flexibility index (Phi) is 20.4. The van der Waals surface area contributed by atoms with Crippen LogP contribution in [0.25, 0.3) is 0 Å². The van der Waals surface area contributed by atoms with Gasteiger partial charge in [-0.3, -0.25) is 0 Å². The van der Waals surface area contributed by atoms with Crippen LogP contribution in [0.5, 0.6) is 0 Å². The molecule has 3 rings (SSSR count). The number of esters is 2. The van der Waals surface area contributed by atoms with Crippen LogP contribution in [0.3, 0.4) is 0 Å². The molecule has 0 N–H and O–H groups in total. The standard InChI is InChI=1S/C42H68F2O4/c1-3-5-7-9-11-13-15-39(43)41(45)47-37-29-25-35(26-30-37)23-21-33-17-19-34(20-18-33)22-24-36-27-31-38(32-28-36)48-42(46)40(44)16-14-12-10-8-6-4-2/h17-20,35-40H,3-16,21-32H2,1-2H3/t35-,36-,37-,38-,39-,40-/m1/s1. The van der Waals surface area contributed by atoms with Gasteiger partial charge in [0.25, 0.3) is 0 Å². The number of ether oxygens (including phenoxy) is 2. The highest BCUT2D eigenvalue weighted by atomic mass is 19.1. The van der Waals surface area contributed by atoms with Gasteiger partial charge in [0.15, 0.2) is 12.3 Å². The fraction of sp³-hybridized carbons (Fsp3) is 0.810. The summed E-state index contributed by atoms with van der Waals surface area (Å²) in [4.78, 5) is 24.5. The van der Waals surface area contributed by atoms with Gasteiger partial charge in [-0.05, 0) is 126 Å². The lowest BCUT2D eigenvalue weighted by Crippen LogP contribution is -2.29. The smallest absolute Gasteiger partial charge is 0.340 e. The lowest BCUT2D eigenvalue weighted by atomic mass is 9.83. The topological polar surface area (TPSA) is 52.6 Å². The van der Waals surface area contributed by atoms with E-state index in [1.807, 2.05) is 0 Å². The average Bonchev–Trinajstić information content (AvgIpc) is 3.10. The summed E-state index contributed by atoms with van der Waals surface area (Å²) in [5, 5.41) is 0. The molecule has 4 nitrogen and oxygen atoms in total. The Bertz CT molecular complexity index is 903. The van der Waals surface area contributed by atoms with E-state index >= 15 is 0 Å². The number of carbonyl (C=O) groups excluding carboxylic acids is 2. The molecule has 0 radical (unpaired) electrons. The van der Waals surface area contributed by atoms with Gasteiger partial charge in [0, 0.05) is 0 Å². The van der Waals surface area contributed by atoms with Crippen molar-refractivity contribution in [3.8, 4) is 0 Å². The Morgan fingerprint density at radius 1 is 0.562 bits per heavy atom. The second kappa shape index (κ2) is 24.2. The highest BCUT2D eigenvalue weighted by Crippen LogP contribution is 2.32. The fourth-order valence-corrected chi connectivity index (χ4v) is 7.61. The number of carbonyl (C=O) groups is 2. The van der Waals surface area contributed by atoms with E-state index in [4.69, 9.17) is 9.47 Å². The first kappa shape index (κ1) is 40.4. The number of alkyl halides is 2. The van der Waals surface area contributed by atoms with Crippen molar-refractivity contribution in [3.63, 3.8) is 0 Å². The fourth-order valence-electron chi connectivity index (χ4n) is 7.61. The first-order valence-corrected chi connectivity index (χ1v) is 20.1. The molecule has 274 valence electrons. The lowest BCUT2D eigenvalue weighted by Gasteiger charge is -2.29. The summed E-state index contributed by atoms with van der Waals surface area (Å²) >= 11 is 0. The van der Waals surface area contributed by atoms with Crippen LogP contribution >= 0.6 is 0 Å². The van der Waals surface area contributed by atoms with Crippen molar-refractivity contribution >= 4 is 11.9 Å². The van der Waals surface area contributed by atoms with Crippen LogP contribution < -0.4 is 0 Å². The first-order valence-electron chi connectivity index (χ1n) is 20.1. The number of rotatable bonds is 24. The molecular weight excluding hydrogens is 606 g/mol. The minimum Gasteiger partial charge on any atom is -0.460 e. The molecule has 0 aromatic heterocycles. The van der Waals surface area contributed by atoms with E-state index in [2.05, 4.69) is 38.1 Å². The van der Waals surface area contributed by atoms with Crippen LogP contribution in [-0.2, 0) is 31.9 Å². The normalized spacial score (nSPS) is 22.6. The Hall–Kier alpha value is -1.98. The maximum atomic E-state index is 14.3. The van der Waals surface area contributed by atoms with Crippen LogP contribution in [0.1, 0.15) is 179 Å². The van der Waals surface area contributed by atoms with E-state index in [1.54, 1.807) is 0 Å². The van der Waals surface area contributed by atoms with E-state index in [0.29, 0.717) is 24.7 Å². The van der Waals surface area contributed by atoms with Gasteiger partial charge >= 0.3 is 11.9 Å². The van der Waals surface area contributed by atoms with Gasteiger partial charge in [-0.15, -0.1) is 0 Å². The van der Waals surface area contributed by atoms with Gasteiger partial charge in [0.05, 0.1) is 0 Å². The molecule has 0 bridgehead atoms. The van der Waals surface area contributed by atoms with Crippen molar-refractivity contribution in [1.29, 1.82) is 0 Å². The zero-order valence-corrected chi connectivity index (χ0v) is 30.5. The minimum atomic E-state index is -1.47. The van der Waals surface area contributed by atoms with Gasteiger partial charge in [-0.25, -0.2) is 18.4 Å². The minimum absolute atomic E-state index is 0.122. The van der Waals surface area contributed by atoms with Gasteiger partial charge in [-0.2, -0.15) is 0 Å². The van der Waals surface area contributed by atoms with Crippen LogP contribution in [0.15, 0.2) is 24.3 Å². The number of unbranched alkanes of at least 4 members (excludes halogenated alkanes) is 10. The zero-order chi connectivity index (χ0) is 34.4. The Morgan fingerprint density at radius 2 is 0.896 bits per heavy atom. The number of benzene rings is 1. The predicted molar refractivity (Wildman–Crippen MR) is 193 cm³/mol. The summed E-state index contributed by atoms with van der Waals surface area (Å²) in [7, 11) is 0. The predicted octanol–water partition coefficient (Wildman–Crippen LogP) is 11.9. The maximum absolute atomic E-state index is 14.3. The molecule has 2 atom stereocenters. The molecule has 0 amide bonds. The Labute approximate surface area is 291 Å². The SMILES string of the molecule is CCCCCCCC[C@@H](F)C(=O)O[C@H]1CC[C@H](CCc2ccc(CC[C@H]3CC[C@H](OC(=O)[C@H](F)CCCCCCCC)CC3)cc2)CC1. The highest BCUT2D eigenvalue weighted by molar-refractivity contribution is 5.75. The molecular formula is C42H68F2O4. The summed E-state index contributed by atoms with van der Waals surface area (Å²) in [5.74, 6) is -0.0271. The Morgan fingerprint density at radius 3 is 1.25 bits per heavy atom. The van der Waals surface area contributed by atoms with Crippen molar-refractivity contribution in [2.45, 2.75) is 205 Å². The molecule has 0 heterocycles. The first-order chi connectivity index (χ1) is 23.4. The van der Waals surface area contributed by atoms with Crippen LogP contribution in [0.4, 0.5) is 8.78 Å². The summed E-state index contributed by atoms with van der Waals surface area (Å²) in [6.45, 7) is 4.37. The largest absolute Gasteiger partial charge is 0.460 e. The van der Waals surface area contributed by atoms with E-state index < -0.39 is 24.3 Å². The third-order valence-corrected chi connectivity index (χ3v) is 11.0. The molecule has 2 aliphatic rings. The monoisotopic (exact) mass is 675 g/mol. The van der Waals surface area contributed by atoms with Crippen molar-refractivity contribution in [2.75, 3.05) is 0 Å². The van der Waals surface area contributed by atoms with E-state index in [-0.39, 0.29) is 12.2 Å². The second-order valence-corrected chi connectivity index (χ2v) is 15.1. The molecule has 2 saturated carbocycles. The van der Waals surface area contributed by atoms with Gasteiger partial charge in [0.1, 0.15) is 12.2 Å². The molecule has 1 aromatic rings. The van der Waals surface area contributed by atoms with Crippen molar-refractivity contribution < 1.29 is 27.8 Å². The van der Waals surface area contributed by atoms with Crippen LogP contribution in [-0.4, -0.2) is 36.5 Å². The van der Waals surface area contributed by atoms with Crippen LogP contribution in [0.2, 0.25) is 0 Å². The molecule has 48 heavy (non-hydrogen) atoms. The van der Waals surface area contributed by atoms with Crippen molar-refractivity contribution in [2.24, 2.45) is 11.8 Å². The van der Waals surface area contributed by atoms with E-state index in [0.717, 1.165) is 116 Å². The molecule has 6 heteroatoms. The number of hydrogen-bond acceptors (Lipinski definition) is 4. The average molecular weight is 675 g/mol. The molecule has 2 fully saturated rings. The molecule has 0 aliphatic heterocycles. The number of halogens is 2. The molecule has 1 aromatic carbocycles. The van der Waals surface area contributed by atoms with Gasteiger partial charge < -0.3 is 9.47 Å². The lowest BCUT2D eigenvalue weighted by molar-refractivity contribution is -0.158. The summed E-state index contributed by atoms with van der Waals surface area (Å²) in [6, 6.07) is 9.07. The van der Waals surface area contributed by atoms with Crippen LogP contribution in [0, 0.1) is 11.8 Å². The third-order valence-electron chi connectivity index (χ3n) is 11.0. The maximum Gasteiger partial charge on any atom is 0.340 e. The number of hydrogen-bond donors (Lipinski definition) is 0. The number of aryl methyl sites for hydroxylation is 2. The summed E-state index contributed by atoms with van der Waals surface area (Å²) < 4.78 is 39.7. The molecule has 0 unspecified atom stereocenters.